The van der Waals surface area contributed by atoms with Crippen molar-refractivity contribution < 1.29 is 5.11 Å². The first-order valence-corrected chi connectivity index (χ1v) is 6.95. The van der Waals surface area contributed by atoms with Gasteiger partial charge in [0.2, 0.25) is 0 Å². The van der Waals surface area contributed by atoms with Gasteiger partial charge < -0.3 is 5.11 Å². The molecule has 1 unspecified atom stereocenters. The van der Waals surface area contributed by atoms with Gasteiger partial charge in [-0.25, -0.2) is 0 Å². The molecular weight excluding hydrogens is 288 g/mol. The van der Waals surface area contributed by atoms with Gasteiger partial charge >= 0.3 is 0 Å². The van der Waals surface area contributed by atoms with Crippen molar-refractivity contribution in [2.45, 2.75) is 11.2 Å². The topological polar surface area (TPSA) is 20.2 Å². The lowest BCUT2D eigenvalue weighted by Crippen LogP contribution is -2.09. The van der Waals surface area contributed by atoms with Gasteiger partial charge in [0.15, 0.2) is 0 Å². The minimum Gasteiger partial charge on any atom is -0.396 e. The number of alkyl halides is 1. The van der Waals surface area contributed by atoms with Crippen molar-refractivity contribution in [1.82, 2.24) is 0 Å². The molecule has 2 aromatic carbocycles. The highest BCUT2D eigenvalue weighted by Crippen LogP contribution is 2.38. The van der Waals surface area contributed by atoms with E-state index in [-0.39, 0.29) is 11.4 Å². The van der Waals surface area contributed by atoms with Gasteiger partial charge in [0.1, 0.15) is 0 Å². The molecule has 93 valence electrons. The Morgan fingerprint density at radius 2 is 1.50 bits per heavy atom. The van der Waals surface area contributed by atoms with E-state index in [0.29, 0.717) is 6.42 Å². The second-order valence-electron chi connectivity index (χ2n) is 4.14. The Hall–Kier alpha value is -1.12. The SMILES string of the molecule is OCC[C](c1ccccc1)C(Br)c1ccccc1. The summed E-state index contributed by atoms with van der Waals surface area (Å²) in [7, 11) is 0. The fourth-order valence-corrected chi connectivity index (χ4v) is 2.81. The van der Waals surface area contributed by atoms with Crippen LogP contribution < -0.4 is 0 Å². The van der Waals surface area contributed by atoms with Gasteiger partial charge in [0.05, 0.1) is 4.83 Å². The van der Waals surface area contributed by atoms with E-state index in [4.69, 9.17) is 0 Å². The fraction of sp³-hybridized carbons (Fsp3) is 0.188. The van der Waals surface area contributed by atoms with Crippen LogP contribution in [0.25, 0.3) is 0 Å². The van der Waals surface area contributed by atoms with Crippen LogP contribution in [0.5, 0.6) is 0 Å². The molecule has 1 N–H and O–H groups in total. The van der Waals surface area contributed by atoms with E-state index in [1.807, 2.05) is 36.4 Å². The first kappa shape index (κ1) is 13.3. The van der Waals surface area contributed by atoms with E-state index in [2.05, 4.69) is 40.2 Å². The van der Waals surface area contributed by atoms with Gasteiger partial charge in [-0.05, 0) is 17.5 Å². The average Bonchev–Trinajstić information content (AvgIpc) is 2.46. The fourth-order valence-electron chi connectivity index (χ4n) is 2.01. The lowest BCUT2D eigenvalue weighted by atomic mass is 9.89. The third kappa shape index (κ3) is 3.21. The standard InChI is InChI=1S/C16H16BrO/c17-16(14-9-5-2-6-10-14)15(11-12-18)13-7-3-1-4-8-13/h1-10,16,18H,11-12H2. The van der Waals surface area contributed by atoms with Crippen LogP contribution in [-0.2, 0) is 0 Å². The zero-order chi connectivity index (χ0) is 12.8. The zero-order valence-corrected chi connectivity index (χ0v) is 11.7. The quantitative estimate of drug-likeness (QED) is 0.824. The summed E-state index contributed by atoms with van der Waals surface area (Å²) < 4.78 is 0. The van der Waals surface area contributed by atoms with Crippen LogP contribution in [0.15, 0.2) is 60.7 Å². The molecular formula is C16H16BrO. The molecule has 2 rings (SSSR count). The maximum Gasteiger partial charge on any atom is 0.0501 e. The first-order chi connectivity index (χ1) is 8.83. The van der Waals surface area contributed by atoms with Crippen LogP contribution in [0, 0.1) is 5.92 Å². The summed E-state index contributed by atoms with van der Waals surface area (Å²) in [4.78, 5) is 0.147. The van der Waals surface area contributed by atoms with E-state index in [0.717, 1.165) is 0 Å². The van der Waals surface area contributed by atoms with Crippen molar-refractivity contribution in [3.63, 3.8) is 0 Å². The highest BCUT2D eigenvalue weighted by molar-refractivity contribution is 9.09. The zero-order valence-electron chi connectivity index (χ0n) is 10.1. The van der Waals surface area contributed by atoms with Gasteiger partial charge in [-0.15, -0.1) is 0 Å². The van der Waals surface area contributed by atoms with E-state index >= 15 is 0 Å². The van der Waals surface area contributed by atoms with Crippen molar-refractivity contribution in [2.75, 3.05) is 6.61 Å². The summed E-state index contributed by atoms with van der Waals surface area (Å²) in [5, 5.41) is 9.25. The van der Waals surface area contributed by atoms with Crippen molar-refractivity contribution in [3.05, 3.63) is 77.7 Å². The lowest BCUT2D eigenvalue weighted by molar-refractivity contribution is 0.292. The van der Waals surface area contributed by atoms with Crippen LogP contribution in [0.3, 0.4) is 0 Å². The minimum atomic E-state index is 0.147. The van der Waals surface area contributed by atoms with Crippen molar-refractivity contribution in [1.29, 1.82) is 0 Å². The first-order valence-electron chi connectivity index (χ1n) is 6.04. The Labute approximate surface area is 117 Å². The summed E-state index contributed by atoms with van der Waals surface area (Å²) in [6, 6.07) is 20.5. The normalized spacial score (nSPS) is 12.6. The molecule has 2 heteroatoms. The van der Waals surface area contributed by atoms with E-state index in [1.165, 1.54) is 17.0 Å². The second-order valence-corrected chi connectivity index (χ2v) is 5.05. The molecule has 0 saturated carbocycles. The molecule has 1 radical (unpaired) electrons. The minimum absolute atomic E-state index is 0.147. The molecule has 1 atom stereocenters. The molecule has 0 aliphatic carbocycles. The molecule has 0 bridgehead atoms. The molecule has 0 amide bonds. The van der Waals surface area contributed by atoms with Gasteiger partial charge in [-0.3, -0.25) is 0 Å². The van der Waals surface area contributed by atoms with E-state index in [9.17, 15) is 5.11 Å². The molecule has 0 saturated heterocycles. The Balaban J connectivity index is 2.26. The van der Waals surface area contributed by atoms with Crippen LogP contribution >= 0.6 is 15.9 Å². The molecule has 0 fully saturated rings. The predicted octanol–water partition coefficient (Wildman–Crippen LogP) is 4.13. The summed E-state index contributed by atoms with van der Waals surface area (Å²) in [6.45, 7) is 0.166. The molecule has 18 heavy (non-hydrogen) atoms. The highest BCUT2D eigenvalue weighted by atomic mass is 79.9. The van der Waals surface area contributed by atoms with Crippen molar-refractivity contribution in [3.8, 4) is 0 Å². The largest absolute Gasteiger partial charge is 0.396 e. The van der Waals surface area contributed by atoms with E-state index in [1.54, 1.807) is 0 Å². The number of aliphatic hydroxyl groups is 1. The van der Waals surface area contributed by atoms with Crippen LogP contribution in [0.2, 0.25) is 0 Å². The Morgan fingerprint density at radius 3 is 2.06 bits per heavy atom. The van der Waals surface area contributed by atoms with Gasteiger partial charge in [-0.1, -0.05) is 76.6 Å². The Bertz CT molecular complexity index is 455. The smallest absolute Gasteiger partial charge is 0.0501 e. The maximum absolute atomic E-state index is 9.25. The molecule has 1 nitrogen and oxygen atoms in total. The molecule has 2 aromatic rings. The summed E-state index contributed by atoms with van der Waals surface area (Å²) >= 11 is 3.74. The number of hydrogen-bond donors (Lipinski definition) is 1. The van der Waals surface area contributed by atoms with E-state index < -0.39 is 0 Å². The van der Waals surface area contributed by atoms with Gasteiger partial charge in [0, 0.05) is 12.5 Å². The predicted molar refractivity (Wildman–Crippen MR) is 78.6 cm³/mol. The van der Waals surface area contributed by atoms with Crippen molar-refractivity contribution in [2.24, 2.45) is 0 Å². The van der Waals surface area contributed by atoms with Crippen LogP contribution in [-0.4, -0.2) is 11.7 Å². The highest BCUT2D eigenvalue weighted by Gasteiger charge is 2.22. The summed E-state index contributed by atoms with van der Waals surface area (Å²) in [5.74, 6) is 1.21. The monoisotopic (exact) mass is 303 g/mol. The summed E-state index contributed by atoms with van der Waals surface area (Å²) in [5.41, 5.74) is 2.39. The van der Waals surface area contributed by atoms with Crippen LogP contribution in [0.1, 0.15) is 22.4 Å². The molecule has 0 aromatic heterocycles. The van der Waals surface area contributed by atoms with Gasteiger partial charge in [0.25, 0.3) is 0 Å². The van der Waals surface area contributed by atoms with Crippen LogP contribution in [0.4, 0.5) is 0 Å². The summed E-state index contributed by atoms with van der Waals surface area (Å²) in [6.07, 6.45) is 0.675. The number of benzene rings is 2. The maximum atomic E-state index is 9.25. The van der Waals surface area contributed by atoms with Crippen molar-refractivity contribution >= 4 is 15.9 Å². The second kappa shape index (κ2) is 6.72. The third-order valence-corrected chi connectivity index (χ3v) is 4.01. The third-order valence-electron chi connectivity index (χ3n) is 2.92. The molecule has 0 heterocycles. The molecule has 0 spiro atoms. The Kier molecular flexibility index (Phi) is 4.97. The molecule has 0 aliphatic rings. The number of halogens is 1. The molecule has 0 aliphatic heterocycles. The number of hydrogen-bond acceptors (Lipinski definition) is 1. The van der Waals surface area contributed by atoms with Gasteiger partial charge in [-0.2, -0.15) is 0 Å². The number of rotatable bonds is 5. The average molecular weight is 304 g/mol. The lowest BCUT2D eigenvalue weighted by Gasteiger charge is -2.22. The number of aliphatic hydroxyl groups excluding tert-OH is 1. The Morgan fingerprint density at radius 1 is 0.944 bits per heavy atom.